The highest BCUT2D eigenvalue weighted by Gasteiger charge is 2.44. The van der Waals surface area contributed by atoms with Gasteiger partial charge in [-0.1, -0.05) is 30.3 Å². The van der Waals surface area contributed by atoms with Crippen molar-refractivity contribution in [2.24, 2.45) is 0 Å². The average molecular weight is 316 g/mol. The zero-order valence-corrected chi connectivity index (χ0v) is 13.0. The van der Waals surface area contributed by atoms with Crippen LogP contribution in [0, 0.1) is 0 Å². The maximum atomic E-state index is 12.1. The highest BCUT2D eigenvalue weighted by atomic mass is 35.5. The topological polar surface area (TPSA) is 54.5 Å². The first-order valence-corrected chi connectivity index (χ1v) is 8.83. The minimum Gasteiger partial charge on any atom is -0.331 e. The van der Waals surface area contributed by atoms with Gasteiger partial charge in [0.1, 0.15) is 5.88 Å². The monoisotopic (exact) mass is 315 g/mol. The molecule has 0 bridgehead atoms. The molecule has 0 N–H and O–H groups in total. The number of hydrogen-bond acceptors (Lipinski definition) is 3. The van der Waals surface area contributed by atoms with Crippen LogP contribution in [0.5, 0.6) is 0 Å². The number of rotatable bonds is 4. The minimum absolute atomic E-state index is 0.00939. The van der Waals surface area contributed by atoms with Gasteiger partial charge in [0.05, 0.1) is 17.0 Å². The third-order valence-corrected chi connectivity index (χ3v) is 5.85. The van der Waals surface area contributed by atoms with Crippen LogP contribution in [0.15, 0.2) is 30.3 Å². The number of nitrogens with zero attached hydrogens (tertiary/aromatic N) is 1. The second-order valence-electron chi connectivity index (χ2n) is 5.44. The van der Waals surface area contributed by atoms with Gasteiger partial charge < -0.3 is 4.90 Å². The largest absolute Gasteiger partial charge is 0.331 e. The number of carbonyl (C=O) groups excluding carboxylic acids is 1. The van der Waals surface area contributed by atoms with Gasteiger partial charge in [-0.15, -0.1) is 11.6 Å². The fraction of sp³-hybridized carbons (Fsp3) is 0.500. The summed E-state index contributed by atoms with van der Waals surface area (Å²) in [7, 11) is -3.07. The van der Waals surface area contributed by atoms with E-state index in [0.717, 1.165) is 5.56 Å². The number of hydrogen-bond donors (Lipinski definition) is 0. The van der Waals surface area contributed by atoms with E-state index in [1.807, 2.05) is 37.3 Å². The smallest absolute Gasteiger partial charge is 0.238 e. The summed E-state index contributed by atoms with van der Waals surface area (Å²) in [6.07, 6.45) is 0.463. The molecule has 1 amide bonds. The predicted octanol–water partition coefficient (Wildman–Crippen LogP) is 1.83. The van der Waals surface area contributed by atoms with E-state index < -0.39 is 15.4 Å². The molecule has 1 aromatic carbocycles. The fourth-order valence-electron chi connectivity index (χ4n) is 2.62. The summed E-state index contributed by atoms with van der Waals surface area (Å²) in [5.41, 5.74) is 0.303. The van der Waals surface area contributed by atoms with Crippen LogP contribution in [0.4, 0.5) is 0 Å². The summed E-state index contributed by atoms with van der Waals surface area (Å²) in [5, 5.41) is 0. The molecule has 6 heteroatoms. The first kappa shape index (κ1) is 15.3. The molecule has 1 aliphatic rings. The van der Waals surface area contributed by atoms with Crippen LogP contribution in [0.3, 0.4) is 0 Å². The molecule has 20 heavy (non-hydrogen) atoms. The third-order valence-electron chi connectivity index (χ3n) is 3.73. The normalized spacial score (nSPS) is 24.5. The fourth-order valence-corrected chi connectivity index (χ4v) is 4.91. The van der Waals surface area contributed by atoms with E-state index in [1.54, 1.807) is 4.90 Å². The van der Waals surface area contributed by atoms with E-state index in [4.69, 9.17) is 11.6 Å². The van der Waals surface area contributed by atoms with Crippen LogP contribution in [0.1, 0.15) is 18.9 Å². The maximum Gasteiger partial charge on any atom is 0.238 e. The lowest BCUT2D eigenvalue weighted by Crippen LogP contribution is -2.50. The van der Waals surface area contributed by atoms with Gasteiger partial charge in [-0.3, -0.25) is 4.79 Å². The molecule has 1 heterocycles. The molecule has 0 radical (unpaired) electrons. The van der Waals surface area contributed by atoms with Gasteiger partial charge in [-0.05, 0) is 18.9 Å². The van der Waals surface area contributed by atoms with Crippen molar-refractivity contribution in [3.8, 4) is 0 Å². The Hall–Kier alpha value is -1.07. The molecule has 2 rings (SSSR count). The van der Waals surface area contributed by atoms with E-state index in [1.165, 1.54) is 0 Å². The van der Waals surface area contributed by atoms with Crippen LogP contribution in [0.25, 0.3) is 0 Å². The summed E-state index contributed by atoms with van der Waals surface area (Å²) >= 11 is 5.68. The average Bonchev–Trinajstić information content (AvgIpc) is 2.71. The molecule has 1 unspecified atom stereocenters. The van der Waals surface area contributed by atoms with Crippen LogP contribution < -0.4 is 0 Å². The van der Waals surface area contributed by atoms with Crippen molar-refractivity contribution in [1.82, 2.24) is 4.90 Å². The molecule has 0 aliphatic carbocycles. The van der Waals surface area contributed by atoms with Gasteiger partial charge >= 0.3 is 0 Å². The van der Waals surface area contributed by atoms with Crippen molar-refractivity contribution in [3.05, 3.63) is 35.9 Å². The lowest BCUT2D eigenvalue weighted by molar-refractivity contribution is -0.134. The van der Waals surface area contributed by atoms with E-state index in [9.17, 15) is 13.2 Å². The molecule has 110 valence electrons. The molecule has 1 aromatic rings. The Labute approximate surface area is 124 Å². The van der Waals surface area contributed by atoms with Gasteiger partial charge in [0.25, 0.3) is 0 Å². The first-order valence-electron chi connectivity index (χ1n) is 6.47. The molecule has 1 aliphatic heterocycles. The van der Waals surface area contributed by atoms with Gasteiger partial charge in [0.2, 0.25) is 5.91 Å². The quantitative estimate of drug-likeness (QED) is 0.797. The molecule has 0 spiro atoms. The molecular weight excluding hydrogens is 298 g/mol. The number of carbonyl (C=O) groups is 1. The second-order valence-corrected chi connectivity index (χ2v) is 7.89. The first-order chi connectivity index (χ1) is 9.36. The molecular formula is C14H18ClNO3S. The number of amides is 1. The summed E-state index contributed by atoms with van der Waals surface area (Å²) in [5.74, 6) is -0.224. The van der Waals surface area contributed by atoms with Crippen molar-refractivity contribution in [3.63, 3.8) is 0 Å². The molecule has 0 aromatic heterocycles. The van der Waals surface area contributed by atoms with Crippen LogP contribution >= 0.6 is 11.6 Å². The SMILES string of the molecule is CC1(N(Cc2ccccc2)C(=O)CCl)CCS(=O)(=O)C1. The Balaban J connectivity index is 2.27. The van der Waals surface area contributed by atoms with Gasteiger partial charge in [0.15, 0.2) is 9.84 Å². The van der Waals surface area contributed by atoms with E-state index >= 15 is 0 Å². The van der Waals surface area contributed by atoms with Crippen LogP contribution in [-0.2, 0) is 21.2 Å². The zero-order chi connectivity index (χ0) is 14.8. The Bertz CT molecular complexity index is 588. The van der Waals surface area contributed by atoms with Crippen molar-refractivity contribution < 1.29 is 13.2 Å². The minimum atomic E-state index is -3.07. The number of benzene rings is 1. The Morgan fingerprint density at radius 3 is 2.50 bits per heavy atom. The molecule has 1 atom stereocenters. The third kappa shape index (κ3) is 3.33. The molecule has 4 nitrogen and oxygen atoms in total. The highest BCUT2D eigenvalue weighted by Crippen LogP contribution is 2.31. The van der Waals surface area contributed by atoms with Crippen molar-refractivity contribution in [2.75, 3.05) is 17.4 Å². The summed E-state index contributed by atoms with van der Waals surface area (Å²) in [6, 6.07) is 9.53. The van der Waals surface area contributed by atoms with Crippen molar-refractivity contribution in [1.29, 1.82) is 0 Å². The molecule has 1 fully saturated rings. The Morgan fingerprint density at radius 2 is 2.00 bits per heavy atom. The van der Waals surface area contributed by atoms with Gasteiger partial charge in [0, 0.05) is 6.54 Å². The van der Waals surface area contributed by atoms with Crippen molar-refractivity contribution in [2.45, 2.75) is 25.4 Å². The lowest BCUT2D eigenvalue weighted by atomic mass is 9.98. The Morgan fingerprint density at radius 1 is 1.35 bits per heavy atom. The zero-order valence-electron chi connectivity index (χ0n) is 11.4. The molecule has 0 saturated carbocycles. The Kier molecular flexibility index (Phi) is 4.39. The lowest BCUT2D eigenvalue weighted by Gasteiger charge is -2.37. The van der Waals surface area contributed by atoms with E-state index in [2.05, 4.69) is 0 Å². The summed E-state index contributed by atoms with van der Waals surface area (Å²) in [6.45, 7) is 2.21. The van der Waals surface area contributed by atoms with Crippen LogP contribution in [0.2, 0.25) is 0 Å². The van der Waals surface area contributed by atoms with Gasteiger partial charge in [-0.25, -0.2) is 8.42 Å². The number of sulfone groups is 1. The maximum absolute atomic E-state index is 12.1. The number of alkyl halides is 1. The summed E-state index contributed by atoms with van der Waals surface area (Å²) in [4.78, 5) is 13.7. The van der Waals surface area contributed by atoms with Gasteiger partial charge in [-0.2, -0.15) is 0 Å². The highest BCUT2D eigenvalue weighted by molar-refractivity contribution is 7.91. The number of halogens is 1. The second kappa shape index (κ2) is 5.74. The van der Waals surface area contributed by atoms with Crippen LogP contribution in [-0.4, -0.2) is 42.1 Å². The van der Waals surface area contributed by atoms with E-state index in [0.29, 0.717) is 13.0 Å². The van der Waals surface area contributed by atoms with Crippen molar-refractivity contribution >= 4 is 27.3 Å². The standard InChI is InChI=1S/C14H18ClNO3S/c1-14(7-8-20(18,19)11-14)16(13(17)9-15)10-12-5-3-2-4-6-12/h2-6H,7-11H2,1H3. The van der Waals surface area contributed by atoms with E-state index in [-0.39, 0.29) is 23.3 Å². The summed E-state index contributed by atoms with van der Waals surface area (Å²) < 4.78 is 23.5. The predicted molar refractivity (Wildman–Crippen MR) is 79.4 cm³/mol. The molecule has 1 saturated heterocycles.